The Kier molecular flexibility index (Phi) is 9.06. The summed E-state index contributed by atoms with van der Waals surface area (Å²) in [5.41, 5.74) is -1.84. The van der Waals surface area contributed by atoms with Gasteiger partial charge >= 0.3 is 6.18 Å². The van der Waals surface area contributed by atoms with Crippen molar-refractivity contribution in [1.29, 1.82) is 5.26 Å². The maximum Gasteiger partial charge on any atom is 0.394 e. The van der Waals surface area contributed by atoms with E-state index in [1.54, 1.807) is 0 Å². The van der Waals surface area contributed by atoms with Crippen molar-refractivity contribution in [2.45, 2.75) is 98.6 Å². The van der Waals surface area contributed by atoms with Gasteiger partial charge in [0.1, 0.15) is 0 Å². The normalized spacial score (nSPS) is 22.9. The molecule has 2 aliphatic rings. The Morgan fingerprint density at radius 3 is 1.38 bits per heavy atom. The van der Waals surface area contributed by atoms with Crippen molar-refractivity contribution >= 4 is 0 Å². The van der Waals surface area contributed by atoms with Gasteiger partial charge in [0, 0.05) is 12.8 Å². The molecular weight excluding hydrogens is 349 g/mol. The predicted molar refractivity (Wildman–Crippen MR) is 94.8 cm³/mol. The molecule has 0 amide bonds. The Bertz CT molecular complexity index is 446. The van der Waals surface area contributed by atoms with E-state index < -0.39 is 49.1 Å². The fraction of sp³-hybridized carbons (Fsp3) is 0.950. The molecule has 2 aliphatic carbocycles. The van der Waals surface area contributed by atoms with Gasteiger partial charge in [0.05, 0.1) is 16.9 Å². The number of hydrogen-bond donors (Lipinski definition) is 0. The van der Waals surface area contributed by atoms with Crippen LogP contribution in [0.15, 0.2) is 0 Å². The smallest absolute Gasteiger partial charge is 0.207 e. The second kappa shape index (κ2) is 9.37. The maximum atomic E-state index is 12.9. The molecule has 0 unspecified atom stereocenters. The molecule has 0 heterocycles. The van der Waals surface area contributed by atoms with E-state index in [-0.39, 0.29) is 5.41 Å². The molecule has 154 valence electrons. The summed E-state index contributed by atoms with van der Waals surface area (Å²) in [6.07, 6.45) is -3.08. The Morgan fingerprint density at radius 2 is 1.23 bits per heavy atom. The molecule has 2 rings (SSSR count). The van der Waals surface area contributed by atoms with Gasteiger partial charge in [0.15, 0.2) is 0 Å². The van der Waals surface area contributed by atoms with Crippen LogP contribution in [0, 0.1) is 34.0 Å². The van der Waals surface area contributed by atoms with Gasteiger partial charge in [0.2, 0.25) is 5.92 Å². The van der Waals surface area contributed by atoms with E-state index in [0.717, 1.165) is 12.8 Å². The zero-order chi connectivity index (χ0) is 20.8. The van der Waals surface area contributed by atoms with Crippen LogP contribution >= 0.6 is 0 Å². The topological polar surface area (TPSA) is 23.8 Å². The van der Waals surface area contributed by atoms with Crippen molar-refractivity contribution in [3.63, 3.8) is 0 Å². The average molecular weight is 383 g/mol. The minimum atomic E-state index is -4.38. The van der Waals surface area contributed by atoms with E-state index >= 15 is 0 Å². The molecule has 0 bridgehead atoms. The predicted octanol–water partition coefficient (Wildman–Crippen LogP) is 7.76. The summed E-state index contributed by atoms with van der Waals surface area (Å²) < 4.78 is 64.2. The zero-order valence-corrected chi connectivity index (χ0v) is 16.9. The number of alkyl halides is 5. The first-order valence-corrected chi connectivity index (χ1v) is 9.68. The Balaban J connectivity index is 0.000000484. The number of nitriles is 1. The monoisotopic (exact) mass is 383 g/mol. The van der Waals surface area contributed by atoms with Crippen LogP contribution in [-0.4, -0.2) is 12.1 Å². The van der Waals surface area contributed by atoms with Gasteiger partial charge in [-0.1, -0.05) is 48.0 Å². The number of hydrogen-bond acceptors (Lipinski definition) is 1. The maximum absolute atomic E-state index is 12.9. The number of nitrogens with zero attached hydrogens (tertiary/aromatic N) is 1. The number of rotatable bonds is 2. The average Bonchev–Trinajstić information content (AvgIpc) is 2.47. The lowest BCUT2D eigenvalue weighted by Gasteiger charge is -2.44. The van der Waals surface area contributed by atoms with E-state index in [9.17, 15) is 22.0 Å². The third-order valence-corrected chi connectivity index (χ3v) is 6.12. The lowest BCUT2D eigenvalue weighted by Crippen LogP contribution is -2.47. The van der Waals surface area contributed by atoms with Crippen LogP contribution in [-0.2, 0) is 0 Å². The second-order valence-electron chi connectivity index (χ2n) is 7.94. The Morgan fingerprint density at radius 1 is 0.808 bits per heavy atom. The molecule has 0 aliphatic heterocycles. The number of halogens is 5. The molecule has 0 aromatic heterocycles. The molecule has 0 saturated heterocycles. The largest absolute Gasteiger partial charge is 0.394 e. The zero-order valence-electron chi connectivity index (χ0n) is 16.9. The Labute approximate surface area is 155 Å². The van der Waals surface area contributed by atoms with E-state index in [2.05, 4.69) is 19.9 Å². The third kappa shape index (κ3) is 5.57. The second-order valence-corrected chi connectivity index (χ2v) is 7.94. The molecule has 1 nitrogen and oxygen atoms in total. The van der Waals surface area contributed by atoms with Gasteiger partial charge in [-0.2, -0.15) is 18.4 Å². The van der Waals surface area contributed by atoms with Gasteiger partial charge in [-0.25, -0.2) is 8.78 Å². The summed E-state index contributed by atoms with van der Waals surface area (Å²) in [6.45, 7) is 11.2. The summed E-state index contributed by atoms with van der Waals surface area (Å²) in [5, 5.41) is 8.76. The molecule has 26 heavy (non-hydrogen) atoms. The van der Waals surface area contributed by atoms with Crippen LogP contribution in [0.1, 0.15) is 86.5 Å². The first-order valence-electron chi connectivity index (χ1n) is 9.68. The molecule has 0 aromatic rings. The standard InChI is InChI=1S/C10H15F5.C8H13N.C2H6/c1-7(2)8(10(13,14)15)3-5-9(11,12)6-4-8;1-7(2)8(6-9)4-3-5-8;1-2/h7H,3-6H2,1-2H3;7H,3-5H2,1-2H3;1-2H3. The lowest BCUT2D eigenvalue weighted by molar-refractivity contribution is -0.263. The highest BCUT2D eigenvalue weighted by Gasteiger charge is 2.59. The molecule has 2 fully saturated rings. The molecular formula is C20H34F5N. The third-order valence-electron chi connectivity index (χ3n) is 6.12. The van der Waals surface area contributed by atoms with Crippen molar-refractivity contribution in [2.75, 3.05) is 0 Å². The van der Waals surface area contributed by atoms with Crippen LogP contribution in [0.25, 0.3) is 0 Å². The summed E-state index contributed by atoms with van der Waals surface area (Å²) in [6, 6.07) is 2.41. The van der Waals surface area contributed by atoms with Crippen molar-refractivity contribution in [3.8, 4) is 6.07 Å². The van der Waals surface area contributed by atoms with Crippen LogP contribution in [0.3, 0.4) is 0 Å². The van der Waals surface area contributed by atoms with Crippen molar-refractivity contribution < 1.29 is 22.0 Å². The first-order chi connectivity index (χ1) is 11.8. The Hall–Kier alpha value is -0.860. The van der Waals surface area contributed by atoms with Crippen LogP contribution in [0.2, 0.25) is 0 Å². The fourth-order valence-electron chi connectivity index (χ4n) is 3.63. The minimum Gasteiger partial charge on any atom is -0.207 e. The lowest BCUT2D eigenvalue weighted by atomic mass is 9.63. The molecule has 0 N–H and O–H groups in total. The van der Waals surface area contributed by atoms with E-state index in [1.807, 2.05) is 13.8 Å². The van der Waals surface area contributed by atoms with Crippen molar-refractivity contribution in [2.24, 2.45) is 22.7 Å². The highest BCUT2D eigenvalue weighted by molar-refractivity contribution is 5.06. The summed E-state index contributed by atoms with van der Waals surface area (Å²) in [5.74, 6) is -3.01. The van der Waals surface area contributed by atoms with Crippen LogP contribution in [0.5, 0.6) is 0 Å². The van der Waals surface area contributed by atoms with E-state index in [4.69, 9.17) is 5.26 Å². The summed E-state index contributed by atoms with van der Waals surface area (Å²) >= 11 is 0. The van der Waals surface area contributed by atoms with E-state index in [0.29, 0.717) is 5.92 Å². The molecule has 2 saturated carbocycles. The molecule has 0 radical (unpaired) electrons. The van der Waals surface area contributed by atoms with Gasteiger partial charge in [-0.15, -0.1) is 0 Å². The van der Waals surface area contributed by atoms with Gasteiger partial charge in [0.25, 0.3) is 0 Å². The van der Waals surface area contributed by atoms with Gasteiger partial charge in [-0.05, 0) is 37.5 Å². The SMILES string of the molecule is CC.CC(C)C1(C#N)CCC1.CC(C)C1(C(F)(F)F)CCC(F)(F)CC1. The van der Waals surface area contributed by atoms with E-state index in [1.165, 1.54) is 20.3 Å². The molecule has 0 aromatic carbocycles. The van der Waals surface area contributed by atoms with Crippen molar-refractivity contribution in [1.82, 2.24) is 0 Å². The van der Waals surface area contributed by atoms with Gasteiger partial charge < -0.3 is 0 Å². The quantitative estimate of drug-likeness (QED) is 0.447. The molecule has 0 spiro atoms. The minimum absolute atomic E-state index is 0.0694. The molecule has 0 atom stereocenters. The van der Waals surface area contributed by atoms with Crippen LogP contribution < -0.4 is 0 Å². The van der Waals surface area contributed by atoms with Crippen molar-refractivity contribution in [3.05, 3.63) is 0 Å². The van der Waals surface area contributed by atoms with Gasteiger partial charge in [-0.3, -0.25) is 0 Å². The fourth-order valence-corrected chi connectivity index (χ4v) is 3.63. The summed E-state index contributed by atoms with van der Waals surface area (Å²) in [7, 11) is 0. The summed E-state index contributed by atoms with van der Waals surface area (Å²) in [4.78, 5) is 0. The highest BCUT2D eigenvalue weighted by atomic mass is 19.4. The first kappa shape index (κ1) is 25.1. The highest BCUT2D eigenvalue weighted by Crippen LogP contribution is 2.56. The van der Waals surface area contributed by atoms with Crippen LogP contribution in [0.4, 0.5) is 22.0 Å². The molecule has 6 heteroatoms.